The molecule has 5 rings (SSSR count). The SMILES string of the molecule is O=C(O)C1CN(Cc2ccc(-c3nc4cnc(Cc5ccccc5)cc4s3)c(F)c2)C1. The third-order valence-corrected chi connectivity index (χ3v) is 6.59. The molecule has 1 aliphatic heterocycles. The lowest BCUT2D eigenvalue weighted by Gasteiger charge is -2.36. The molecule has 1 fully saturated rings. The Bertz CT molecular complexity index is 1250. The van der Waals surface area contributed by atoms with Crippen molar-refractivity contribution in [3.63, 3.8) is 0 Å². The number of aliphatic carboxylic acids is 1. The van der Waals surface area contributed by atoms with Gasteiger partial charge in [0.15, 0.2) is 0 Å². The molecular formula is C24H20FN3O2S. The topological polar surface area (TPSA) is 66.3 Å². The van der Waals surface area contributed by atoms with Crippen molar-refractivity contribution < 1.29 is 14.3 Å². The summed E-state index contributed by atoms with van der Waals surface area (Å²) in [6.07, 6.45) is 2.49. The fourth-order valence-corrected chi connectivity index (χ4v) is 4.86. The van der Waals surface area contributed by atoms with Gasteiger partial charge in [0.1, 0.15) is 16.3 Å². The Morgan fingerprint density at radius 3 is 2.68 bits per heavy atom. The van der Waals surface area contributed by atoms with Crippen LogP contribution in [0, 0.1) is 11.7 Å². The van der Waals surface area contributed by atoms with Crippen molar-refractivity contribution >= 4 is 27.5 Å². The number of carbonyl (C=O) groups is 1. The van der Waals surface area contributed by atoms with Crippen LogP contribution in [0.25, 0.3) is 20.8 Å². The third-order valence-electron chi connectivity index (χ3n) is 5.54. The standard InChI is InChI=1S/C24H20FN3O2S/c25-20-9-16(12-28-13-17(14-28)24(29)30)6-7-19(20)23-27-21-11-26-18(10-22(21)31-23)8-15-4-2-1-3-5-15/h1-7,9-11,17H,8,12-14H2,(H,29,30). The number of carboxylic acids is 1. The van der Waals surface area contributed by atoms with Gasteiger partial charge in [-0.25, -0.2) is 9.37 Å². The van der Waals surface area contributed by atoms with E-state index < -0.39 is 5.97 Å². The molecule has 5 nitrogen and oxygen atoms in total. The van der Waals surface area contributed by atoms with Gasteiger partial charge in [0.2, 0.25) is 0 Å². The molecule has 0 saturated carbocycles. The van der Waals surface area contributed by atoms with Crippen LogP contribution in [-0.2, 0) is 17.8 Å². The molecular weight excluding hydrogens is 413 g/mol. The van der Waals surface area contributed by atoms with Gasteiger partial charge in [-0.1, -0.05) is 36.4 Å². The predicted molar refractivity (Wildman–Crippen MR) is 118 cm³/mol. The lowest BCUT2D eigenvalue weighted by Crippen LogP contribution is -2.49. The zero-order valence-electron chi connectivity index (χ0n) is 16.7. The van der Waals surface area contributed by atoms with Crippen LogP contribution in [0.4, 0.5) is 4.39 Å². The number of carboxylic acid groups (broad SMARTS) is 1. The van der Waals surface area contributed by atoms with Crippen LogP contribution in [0.2, 0.25) is 0 Å². The van der Waals surface area contributed by atoms with E-state index in [2.05, 4.69) is 22.1 Å². The van der Waals surface area contributed by atoms with Gasteiger partial charge in [0, 0.05) is 37.3 Å². The zero-order valence-corrected chi connectivity index (χ0v) is 17.5. The smallest absolute Gasteiger partial charge is 0.309 e. The summed E-state index contributed by atoms with van der Waals surface area (Å²) in [5.74, 6) is -1.40. The van der Waals surface area contributed by atoms with Crippen molar-refractivity contribution in [3.8, 4) is 10.6 Å². The Morgan fingerprint density at radius 1 is 1.13 bits per heavy atom. The number of nitrogens with zero attached hydrogens (tertiary/aromatic N) is 3. The average Bonchev–Trinajstić information content (AvgIpc) is 3.14. The molecule has 0 atom stereocenters. The van der Waals surface area contributed by atoms with E-state index in [4.69, 9.17) is 5.11 Å². The van der Waals surface area contributed by atoms with Gasteiger partial charge >= 0.3 is 5.97 Å². The van der Waals surface area contributed by atoms with Gasteiger partial charge < -0.3 is 5.11 Å². The first-order valence-electron chi connectivity index (χ1n) is 10.1. The Balaban J connectivity index is 1.33. The normalized spacial score (nSPS) is 14.6. The molecule has 3 heterocycles. The molecule has 1 N–H and O–H groups in total. The summed E-state index contributed by atoms with van der Waals surface area (Å²) in [6, 6.07) is 17.4. The van der Waals surface area contributed by atoms with E-state index in [1.165, 1.54) is 23.0 Å². The summed E-state index contributed by atoms with van der Waals surface area (Å²) < 4.78 is 15.8. The first-order valence-corrected chi connectivity index (χ1v) is 10.9. The Kier molecular flexibility index (Phi) is 5.21. The number of aromatic nitrogens is 2. The highest BCUT2D eigenvalue weighted by atomic mass is 32.1. The van der Waals surface area contributed by atoms with Crippen molar-refractivity contribution in [2.45, 2.75) is 13.0 Å². The number of pyridine rings is 1. The monoisotopic (exact) mass is 433 g/mol. The van der Waals surface area contributed by atoms with Gasteiger partial charge in [-0.15, -0.1) is 11.3 Å². The number of thiazole rings is 1. The second kappa shape index (κ2) is 8.17. The number of halogens is 1. The lowest BCUT2D eigenvalue weighted by molar-refractivity contribution is -0.147. The summed E-state index contributed by atoms with van der Waals surface area (Å²) in [5, 5.41) is 9.61. The van der Waals surface area contributed by atoms with Crippen LogP contribution in [-0.4, -0.2) is 39.0 Å². The molecule has 2 aromatic heterocycles. The summed E-state index contributed by atoms with van der Waals surface area (Å²) in [7, 11) is 0. The number of rotatable bonds is 6. The Morgan fingerprint density at radius 2 is 1.94 bits per heavy atom. The second-order valence-electron chi connectivity index (χ2n) is 7.87. The highest BCUT2D eigenvalue weighted by Crippen LogP contribution is 2.33. The van der Waals surface area contributed by atoms with Crippen molar-refractivity contribution in [1.29, 1.82) is 0 Å². The maximum Gasteiger partial charge on any atom is 0.309 e. The van der Waals surface area contributed by atoms with Crippen LogP contribution in [0.15, 0.2) is 60.8 Å². The largest absolute Gasteiger partial charge is 0.481 e. The highest BCUT2D eigenvalue weighted by molar-refractivity contribution is 7.21. The molecule has 4 aromatic rings. The number of benzene rings is 2. The molecule has 0 aliphatic carbocycles. The van der Waals surface area contributed by atoms with Crippen molar-refractivity contribution in [3.05, 3.63) is 83.4 Å². The van der Waals surface area contributed by atoms with E-state index in [0.717, 1.165) is 27.9 Å². The molecule has 0 unspecified atom stereocenters. The molecule has 0 radical (unpaired) electrons. The van der Waals surface area contributed by atoms with Gasteiger partial charge in [-0.05, 0) is 29.3 Å². The van der Waals surface area contributed by atoms with E-state index in [0.29, 0.717) is 30.2 Å². The Labute approximate surface area is 182 Å². The lowest BCUT2D eigenvalue weighted by atomic mass is 9.99. The van der Waals surface area contributed by atoms with E-state index >= 15 is 0 Å². The number of hydrogen-bond donors (Lipinski definition) is 1. The quantitative estimate of drug-likeness (QED) is 0.481. The summed E-state index contributed by atoms with van der Waals surface area (Å²) in [6.45, 7) is 1.57. The predicted octanol–water partition coefficient (Wildman–Crippen LogP) is 4.60. The minimum Gasteiger partial charge on any atom is -0.481 e. The van der Waals surface area contributed by atoms with Gasteiger partial charge in [0.05, 0.1) is 16.8 Å². The van der Waals surface area contributed by atoms with Crippen molar-refractivity contribution in [1.82, 2.24) is 14.9 Å². The third kappa shape index (κ3) is 4.19. The maximum atomic E-state index is 14.8. The zero-order chi connectivity index (χ0) is 21.4. The van der Waals surface area contributed by atoms with Gasteiger partial charge in [0.25, 0.3) is 0 Å². The number of hydrogen-bond acceptors (Lipinski definition) is 5. The molecule has 1 saturated heterocycles. The summed E-state index contributed by atoms with van der Waals surface area (Å²) in [5.41, 5.74) is 4.22. The van der Waals surface area contributed by atoms with Crippen molar-refractivity contribution in [2.75, 3.05) is 13.1 Å². The highest BCUT2D eigenvalue weighted by Gasteiger charge is 2.32. The Hall–Kier alpha value is -3.16. The van der Waals surface area contributed by atoms with E-state index in [-0.39, 0.29) is 11.7 Å². The van der Waals surface area contributed by atoms with Crippen molar-refractivity contribution in [2.24, 2.45) is 5.92 Å². The molecule has 1 aliphatic rings. The molecule has 2 aromatic carbocycles. The van der Waals surface area contributed by atoms with Crippen LogP contribution in [0.1, 0.15) is 16.8 Å². The van der Waals surface area contributed by atoms with E-state index in [9.17, 15) is 9.18 Å². The van der Waals surface area contributed by atoms with E-state index in [1.54, 1.807) is 12.3 Å². The number of likely N-dealkylation sites (tertiary alicyclic amines) is 1. The van der Waals surface area contributed by atoms with Crippen LogP contribution in [0.5, 0.6) is 0 Å². The molecule has 7 heteroatoms. The summed E-state index contributed by atoms with van der Waals surface area (Å²) in [4.78, 5) is 22.0. The molecule has 0 bridgehead atoms. The fraction of sp³-hybridized carbons (Fsp3) is 0.208. The first kappa shape index (κ1) is 19.8. The van der Waals surface area contributed by atoms with Crippen LogP contribution in [0.3, 0.4) is 0 Å². The van der Waals surface area contributed by atoms with Gasteiger partial charge in [-0.2, -0.15) is 0 Å². The van der Waals surface area contributed by atoms with Gasteiger partial charge in [-0.3, -0.25) is 14.7 Å². The van der Waals surface area contributed by atoms with E-state index in [1.807, 2.05) is 35.2 Å². The fourth-order valence-electron chi connectivity index (χ4n) is 3.83. The average molecular weight is 434 g/mol. The van der Waals surface area contributed by atoms with Crippen LogP contribution >= 0.6 is 11.3 Å². The van der Waals surface area contributed by atoms with Crippen LogP contribution < -0.4 is 0 Å². The molecule has 31 heavy (non-hydrogen) atoms. The summed E-state index contributed by atoms with van der Waals surface area (Å²) >= 11 is 1.46. The molecule has 156 valence electrons. The number of fused-ring (bicyclic) bond motifs is 1. The second-order valence-corrected chi connectivity index (χ2v) is 8.90. The molecule has 0 amide bonds. The maximum absolute atomic E-state index is 14.8. The minimum atomic E-state index is -0.768. The minimum absolute atomic E-state index is 0.313. The molecule has 0 spiro atoms. The first-order chi connectivity index (χ1) is 15.0.